The van der Waals surface area contributed by atoms with E-state index in [1.165, 1.54) is 13.5 Å². The van der Waals surface area contributed by atoms with Crippen LogP contribution in [-0.2, 0) is 0 Å². The number of hydrogen-bond donors (Lipinski definition) is 2. The minimum absolute atomic E-state index is 0.217. The molecule has 5 heterocycles. The molecule has 1 aromatic carbocycles. The van der Waals surface area contributed by atoms with Crippen molar-refractivity contribution in [2.75, 3.05) is 69.3 Å². The molecule has 2 aromatic heterocycles. The summed E-state index contributed by atoms with van der Waals surface area (Å²) < 4.78 is 20.0. The molecule has 7 nitrogen and oxygen atoms in total. The molecule has 3 aliphatic rings. The molecule has 0 aliphatic carbocycles. The number of hydrogen-bond acceptors (Lipinski definition) is 7. The minimum Gasteiger partial charge on any atom is -0.494 e. The number of halogens is 1. The van der Waals surface area contributed by atoms with Gasteiger partial charge in [0, 0.05) is 68.2 Å². The first-order valence-electron chi connectivity index (χ1n) is 12.3. The van der Waals surface area contributed by atoms with E-state index in [4.69, 9.17) is 14.7 Å². The van der Waals surface area contributed by atoms with Crippen LogP contribution in [0.25, 0.3) is 22.2 Å². The normalized spacial score (nSPS) is 22.8. The smallest absolute Gasteiger partial charge is 0.165 e. The standard InChI is InChI=1S/C26H31FN6O/c1-34-25-12-23-20(10-21(25)27)24(33-15-18-4-5-29-13-19(18)16-33)11-22(31-23)17-2-3-26(30-14-17)32-8-6-28-7-9-32/h2-3,10-12,14,18-19,28-29H,4-9,13,15-16H2,1H3. The van der Waals surface area contributed by atoms with Gasteiger partial charge < -0.3 is 25.2 Å². The maximum atomic E-state index is 14.7. The Morgan fingerprint density at radius 3 is 2.62 bits per heavy atom. The number of aromatic nitrogens is 2. The first-order valence-corrected chi connectivity index (χ1v) is 12.3. The van der Waals surface area contributed by atoms with E-state index in [2.05, 4.69) is 38.6 Å². The lowest BCUT2D eigenvalue weighted by molar-refractivity contribution is 0.318. The summed E-state index contributed by atoms with van der Waals surface area (Å²) >= 11 is 0. The van der Waals surface area contributed by atoms with Crippen molar-refractivity contribution in [2.45, 2.75) is 6.42 Å². The van der Waals surface area contributed by atoms with E-state index < -0.39 is 0 Å². The lowest BCUT2D eigenvalue weighted by Gasteiger charge is -2.28. The van der Waals surface area contributed by atoms with Gasteiger partial charge in [0.15, 0.2) is 11.6 Å². The van der Waals surface area contributed by atoms with Crippen LogP contribution in [0.1, 0.15) is 6.42 Å². The van der Waals surface area contributed by atoms with E-state index in [0.29, 0.717) is 11.8 Å². The molecule has 3 saturated heterocycles. The lowest BCUT2D eigenvalue weighted by atomic mass is 9.90. The van der Waals surface area contributed by atoms with E-state index in [-0.39, 0.29) is 11.6 Å². The van der Waals surface area contributed by atoms with Crippen LogP contribution < -0.4 is 25.2 Å². The Hall–Kier alpha value is -2.97. The van der Waals surface area contributed by atoms with E-state index in [9.17, 15) is 4.39 Å². The highest BCUT2D eigenvalue weighted by atomic mass is 19.1. The van der Waals surface area contributed by atoms with E-state index >= 15 is 0 Å². The van der Waals surface area contributed by atoms with Crippen molar-refractivity contribution in [1.82, 2.24) is 20.6 Å². The number of piperidine rings is 1. The van der Waals surface area contributed by atoms with Crippen molar-refractivity contribution < 1.29 is 9.13 Å². The van der Waals surface area contributed by atoms with Crippen LogP contribution in [0.2, 0.25) is 0 Å². The molecule has 0 spiro atoms. The van der Waals surface area contributed by atoms with Crippen LogP contribution in [0, 0.1) is 17.7 Å². The van der Waals surface area contributed by atoms with Gasteiger partial charge in [0.2, 0.25) is 0 Å². The maximum Gasteiger partial charge on any atom is 0.165 e. The second kappa shape index (κ2) is 9.00. The third-order valence-corrected chi connectivity index (χ3v) is 7.56. The topological polar surface area (TPSA) is 65.5 Å². The average molecular weight is 463 g/mol. The maximum absolute atomic E-state index is 14.7. The van der Waals surface area contributed by atoms with Gasteiger partial charge in [-0.05, 0) is 55.6 Å². The highest BCUT2D eigenvalue weighted by Gasteiger charge is 2.35. The number of rotatable bonds is 4. The van der Waals surface area contributed by atoms with Gasteiger partial charge in [0.25, 0.3) is 0 Å². The molecule has 2 N–H and O–H groups in total. The highest BCUT2D eigenvalue weighted by molar-refractivity contribution is 5.95. The summed E-state index contributed by atoms with van der Waals surface area (Å²) in [6, 6.07) is 9.57. The van der Waals surface area contributed by atoms with Crippen LogP contribution >= 0.6 is 0 Å². The van der Waals surface area contributed by atoms with Crippen LogP contribution in [0.15, 0.2) is 36.5 Å². The largest absolute Gasteiger partial charge is 0.494 e. The molecule has 0 saturated carbocycles. The Morgan fingerprint density at radius 1 is 1.00 bits per heavy atom. The SMILES string of the molecule is COc1cc2nc(-c3ccc(N4CCNCC4)nc3)cc(N3CC4CCNCC4C3)c2cc1F. The van der Waals surface area contributed by atoms with Crippen LogP contribution in [0.4, 0.5) is 15.9 Å². The molecular formula is C26H31FN6O. The molecule has 8 heteroatoms. The number of methoxy groups -OCH3 is 1. The third-order valence-electron chi connectivity index (χ3n) is 7.56. The Morgan fingerprint density at radius 2 is 1.85 bits per heavy atom. The molecule has 2 atom stereocenters. The number of nitrogens with zero attached hydrogens (tertiary/aromatic N) is 4. The van der Waals surface area contributed by atoms with Gasteiger partial charge in [-0.2, -0.15) is 0 Å². The Balaban J connectivity index is 1.40. The van der Waals surface area contributed by atoms with Gasteiger partial charge in [0.05, 0.1) is 18.3 Å². The third kappa shape index (κ3) is 3.95. The van der Waals surface area contributed by atoms with Crippen molar-refractivity contribution >= 4 is 22.4 Å². The second-order valence-electron chi connectivity index (χ2n) is 9.59. The molecule has 6 rings (SSSR count). The Bertz CT molecular complexity index is 1170. The van der Waals surface area contributed by atoms with Crippen LogP contribution in [0.3, 0.4) is 0 Å². The number of anilines is 2. The fraction of sp³-hybridized carbons (Fsp3) is 0.462. The lowest BCUT2D eigenvalue weighted by Crippen LogP contribution is -2.43. The van der Waals surface area contributed by atoms with E-state index in [1.807, 2.05) is 6.20 Å². The fourth-order valence-corrected chi connectivity index (χ4v) is 5.66. The van der Waals surface area contributed by atoms with Crippen LogP contribution in [0.5, 0.6) is 5.75 Å². The Kier molecular flexibility index (Phi) is 5.71. The first-order chi connectivity index (χ1) is 16.7. The first kappa shape index (κ1) is 21.6. The number of pyridine rings is 2. The van der Waals surface area contributed by atoms with Gasteiger partial charge in [-0.25, -0.2) is 14.4 Å². The molecule has 0 amide bonds. The summed E-state index contributed by atoms with van der Waals surface area (Å²) in [5.41, 5.74) is 3.60. The summed E-state index contributed by atoms with van der Waals surface area (Å²) in [7, 11) is 1.49. The molecule has 3 aliphatic heterocycles. The average Bonchev–Trinajstić information content (AvgIpc) is 3.32. The zero-order valence-electron chi connectivity index (χ0n) is 19.6. The number of piperazine rings is 1. The number of ether oxygens (including phenoxy) is 1. The number of nitrogens with one attached hydrogen (secondary N) is 2. The van der Waals surface area contributed by atoms with Crippen molar-refractivity contribution in [2.24, 2.45) is 11.8 Å². The van der Waals surface area contributed by atoms with Gasteiger partial charge in [-0.15, -0.1) is 0 Å². The van der Waals surface area contributed by atoms with Gasteiger partial charge in [-0.3, -0.25) is 0 Å². The predicted molar refractivity (Wildman–Crippen MR) is 133 cm³/mol. The van der Waals surface area contributed by atoms with Gasteiger partial charge in [0.1, 0.15) is 5.82 Å². The quantitative estimate of drug-likeness (QED) is 0.618. The zero-order valence-corrected chi connectivity index (χ0v) is 19.6. The molecule has 0 radical (unpaired) electrons. The molecule has 3 aromatic rings. The minimum atomic E-state index is -0.355. The monoisotopic (exact) mass is 462 g/mol. The van der Waals surface area contributed by atoms with Gasteiger partial charge in [-0.1, -0.05) is 0 Å². The summed E-state index contributed by atoms with van der Waals surface area (Å²) in [6.45, 7) is 7.98. The van der Waals surface area contributed by atoms with Crippen LogP contribution in [-0.4, -0.2) is 69.4 Å². The highest BCUT2D eigenvalue weighted by Crippen LogP contribution is 2.39. The molecule has 34 heavy (non-hydrogen) atoms. The van der Waals surface area contributed by atoms with Crippen molar-refractivity contribution in [3.05, 3.63) is 42.3 Å². The van der Waals surface area contributed by atoms with Gasteiger partial charge >= 0.3 is 0 Å². The van der Waals surface area contributed by atoms with E-state index in [1.54, 1.807) is 12.1 Å². The molecule has 178 valence electrons. The second-order valence-corrected chi connectivity index (χ2v) is 9.59. The van der Waals surface area contributed by atoms with Crippen molar-refractivity contribution in [3.63, 3.8) is 0 Å². The van der Waals surface area contributed by atoms with Crippen molar-refractivity contribution in [1.29, 1.82) is 0 Å². The molecule has 2 unspecified atom stereocenters. The molecule has 3 fully saturated rings. The zero-order chi connectivity index (χ0) is 23.1. The van der Waals surface area contributed by atoms with E-state index in [0.717, 1.165) is 86.0 Å². The summed E-state index contributed by atoms with van der Waals surface area (Å²) in [6.07, 6.45) is 3.10. The summed E-state index contributed by atoms with van der Waals surface area (Å²) in [5, 5.41) is 7.74. The predicted octanol–water partition coefficient (Wildman–Crippen LogP) is 2.90. The summed E-state index contributed by atoms with van der Waals surface area (Å²) in [5.74, 6) is 2.16. The molecular weight excluding hydrogens is 431 g/mol. The summed E-state index contributed by atoms with van der Waals surface area (Å²) in [4.78, 5) is 14.4. The Labute approximate surface area is 199 Å². The molecule has 0 bridgehead atoms. The van der Waals surface area contributed by atoms with Crippen molar-refractivity contribution in [3.8, 4) is 17.0 Å². The number of benzene rings is 1. The fourth-order valence-electron chi connectivity index (χ4n) is 5.66. The number of fused-ring (bicyclic) bond motifs is 2.